The van der Waals surface area contributed by atoms with Crippen LogP contribution < -0.4 is 10.1 Å². The van der Waals surface area contributed by atoms with Crippen LogP contribution in [0.4, 0.5) is 5.82 Å². The third-order valence-corrected chi connectivity index (χ3v) is 5.60. The van der Waals surface area contributed by atoms with Gasteiger partial charge in [0.05, 0.1) is 24.9 Å². The Morgan fingerprint density at radius 3 is 2.85 bits per heavy atom. The summed E-state index contributed by atoms with van der Waals surface area (Å²) in [6.07, 6.45) is 0.269. The predicted molar refractivity (Wildman–Crippen MR) is 109 cm³/mol. The average molecular weight is 400 g/mol. The highest BCUT2D eigenvalue weighted by atomic mass is 35.5. The first kappa shape index (κ1) is 17.9. The number of aromatic nitrogens is 2. The van der Waals surface area contributed by atoms with Gasteiger partial charge in [0.25, 0.3) is 0 Å². The van der Waals surface area contributed by atoms with Crippen molar-refractivity contribution >= 4 is 35.1 Å². The summed E-state index contributed by atoms with van der Waals surface area (Å²) in [5.74, 6) is 3.10. The van der Waals surface area contributed by atoms with Crippen molar-refractivity contribution in [3.05, 3.63) is 70.4 Å². The Hall–Kier alpha value is -2.44. The van der Waals surface area contributed by atoms with Crippen molar-refractivity contribution in [3.63, 3.8) is 0 Å². The maximum Gasteiger partial charge on any atom is 0.229 e. The average Bonchev–Trinajstić information content (AvgIpc) is 3.25. The van der Waals surface area contributed by atoms with Crippen molar-refractivity contribution in [3.8, 4) is 11.4 Å². The summed E-state index contributed by atoms with van der Waals surface area (Å²) in [6, 6.07) is 15.0. The van der Waals surface area contributed by atoms with E-state index in [1.165, 1.54) is 0 Å². The lowest BCUT2D eigenvalue weighted by Gasteiger charge is -2.11. The Kier molecular flexibility index (Phi) is 5.09. The Morgan fingerprint density at radius 2 is 2.07 bits per heavy atom. The Balaban J connectivity index is 1.61. The van der Waals surface area contributed by atoms with E-state index >= 15 is 0 Å². The van der Waals surface area contributed by atoms with E-state index in [2.05, 4.69) is 5.32 Å². The van der Waals surface area contributed by atoms with Crippen LogP contribution in [0, 0.1) is 0 Å². The number of nitrogens with zero attached hydrogens (tertiary/aromatic N) is 2. The van der Waals surface area contributed by atoms with Crippen LogP contribution in [0.25, 0.3) is 5.69 Å². The van der Waals surface area contributed by atoms with Crippen molar-refractivity contribution in [2.24, 2.45) is 0 Å². The van der Waals surface area contributed by atoms with Gasteiger partial charge in [0.2, 0.25) is 5.91 Å². The molecule has 1 aromatic heterocycles. The molecule has 0 bridgehead atoms. The number of carbonyl (C=O) groups is 1. The van der Waals surface area contributed by atoms with Gasteiger partial charge in [-0.2, -0.15) is 16.9 Å². The van der Waals surface area contributed by atoms with Crippen molar-refractivity contribution in [2.45, 2.75) is 17.9 Å². The molecule has 0 spiro atoms. The number of thioether (sulfide) groups is 1. The lowest BCUT2D eigenvalue weighted by atomic mass is 10.1. The number of fused-ring (bicyclic) bond motifs is 1. The van der Waals surface area contributed by atoms with Gasteiger partial charge in [0, 0.05) is 22.1 Å². The summed E-state index contributed by atoms with van der Waals surface area (Å²) in [5.41, 5.74) is 3.88. The zero-order valence-electron chi connectivity index (χ0n) is 14.7. The van der Waals surface area contributed by atoms with E-state index < -0.39 is 0 Å². The predicted octanol–water partition coefficient (Wildman–Crippen LogP) is 4.46. The fourth-order valence-corrected chi connectivity index (χ4v) is 4.22. The topological polar surface area (TPSA) is 56.1 Å². The molecular weight excluding hydrogens is 382 g/mol. The van der Waals surface area contributed by atoms with Crippen LogP contribution in [0.15, 0.2) is 48.5 Å². The van der Waals surface area contributed by atoms with Crippen LogP contribution in [-0.2, 0) is 22.7 Å². The van der Waals surface area contributed by atoms with Gasteiger partial charge in [-0.15, -0.1) is 0 Å². The highest BCUT2D eigenvalue weighted by Crippen LogP contribution is 2.36. The van der Waals surface area contributed by atoms with E-state index in [1.54, 1.807) is 23.6 Å². The van der Waals surface area contributed by atoms with E-state index in [0.29, 0.717) is 5.02 Å². The maximum absolute atomic E-state index is 12.7. The molecule has 1 N–H and O–H groups in total. The van der Waals surface area contributed by atoms with Crippen molar-refractivity contribution in [2.75, 3.05) is 12.4 Å². The van der Waals surface area contributed by atoms with Crippen LogP contribution in [0.5, 0.6) is 5.75 Å². The number of methoxy groups -OCH3 is 1. The molecule has 0 saturated heterocycles. The minimum Gasteiger partial charge on any atom is -0.497 e. The number of hydrogen-bond acceptors (Lipinski definition) is 4. The van der Waals surface area contributed by atoms with E-state index in [0.717, 1.165) is 45.6 Å². The highest BCUT2D eigenvalue weighted by Gasteiger charge is 2.24. The normalized spacial score (nSPS) is 12.7. The van der Waals surface area contributed by atoms with Crippen molar-refractivity contribution in [1.29, 1.82) is 0 Å². The molecule has 2 aromatic carbocycles. The molecule has 138 valence electrons. The molecule has 0 atom stereocenters. The van der Waals surface area contributed by atoms with E-state index in [1.807, 2.05) is 48.5 Å². The molecule has 0 fully saturated rings. The van der Waals surface area contributed by atoms with Crippen LogP contribution >= 0.6 is 23.4 Å². The minimum absolute atomic E-state index is 0.0851. The summed E-state index contributed by atoms with van der Waals surface area (Å²) in [6.45, 7) is 0. The molecule has 27 heavy (non-hydrogen) atoms. The number of halogens is 1. The van der Waals surface area contributed by atoms with Gasteiger partial charge in [-0.05, 0) is 42.0 Å². The van der Waals surface area contributed by atoms with Gasteiger partial charge in [-0.25, -0.2) is 4.68 Å². The Morgan fingerprint density at radius 1 is 1.26 bits per heavy atom. The summed E-state index contributed by atoms with van der Waals surface area (Å²) in [7, 11) is 1.62. The number of anilines is 1. The molecule has 0 unspecified atom stereocenters. The van der Waals surface area contributed by atoms with Gasteiger partial charge in [-0.3, -0.25) is 4.79 Å². The lowest BCUT2D eigenvalue weighted by molar-refractivity contribution is -0.115. The van der Waals surface area contributed by atoms with E-state index in [-0.39, 0.29) is 12.3 Å². The molecule has 1 amide bonds. The van der Waals surface area contributed by atoms with Gasteiger partial charge in [-0.1, -0.05) is 23.7 Å². The number of rotatable bonds is 5. The molecule has 0 aliphatic carbocycles. The first-order valence-corrected chi connectivity index (χ1v) is 10.0. The third-order valence-electron chi connectivity index (χ3n) is 4.38. The monoisotopic (exact) mass is 399 g/mol. The minimum atomic E-state index is -0.0851. The Labute approximate surface area is 166 Å². The first-order chi connectivity index (χ1) is 13.1. The highest BCUT2D eigenvalue weighted by molar-refractivity contribution is 7.98. The fourth-order valence-electron chi connectivity index (χ4n) is 3.05. The second-order valence-corrected chi connectivity index (χ2v) is 7.65. The summed E-state index contributed by atoms with van der Waals surface area (Å²) in [5, 5.41) is 8.42. The number of nitrogens with one attached hydrogen (secondary N) is 1. The van der Waals surface area contributed by atoms with Gasteiger partial charge >= 0.3 is 0 Å². The molecule has 2 heterocycles. The number of hydrogen-bond donors (Lipinski definition) is 1. The van der Waals surface area contributed by atoms with Crippen LogP contribution in [0.3, 0.4) is 0 Å². The molecule has 4 rings (SSSR count). The molecule has 0 radical (unpaired) electrons. The van der Waals surface area contributed by atoms with Crippen LogP contribution in [-0.4, -0.2) is 22.8 Å². The Bertz CT molecular complexity index is 985. The SMILES string of the molecule is COc1cccc(CC(=O)Nc2c3c(nn2-c2ccc(Cl)cc2)CSC3)c1. The summed E-state index contributed by atoms with van der Waals surface area (Å²) >= 11 is 7.80. The lowest BCUT2D eigenvalue weighted by Crippen LogP contribution is -2.18. The van der Waals surface area contributed by atoms with Gasteiger partial charge in [0.15, 0.2) is 0 Å². The zero-order chi connectivity index (χ0) is 18.8. The quantitative estimate of drug-likeness (QED) is 0.688. The number of carbonyl (C=O) groups excluding carboxylic acids is 1. The zero-order valence-corrected chi connectivity index (χ0v) is 16.3. The maximum atomic E-state index is 12.7. The standard InChI is InChI=1S/C20H18ClN3O2S/c1-26-16-4-2-3-13(9-16)10-19(25)22-20-17-11-27-12-18(17)23-24(20)15-7-5-14(21)6-8-15/h2-9H,10-12H2,1H3,(H,22,25). The summed E-state index contributed by atoms with van der Waals surface area (Å²) < 4.78 is 7.03. The smallest absolute Gasteiger partial charge is 0.229 e. The number of ether oxygens (including phenoxy) is 1. The number of benzene rings is 2. The molecule has 3 aromatic rings. The number of amides is 1. The fraction of sp³-hybridized carbons (Fsp3) is 0.200. The van der Waals surface area contributed by atoms with Crippen molar-refractivity contribution in [1.82, 2.24) is 9.78 Å². The van der Waals surface area contributed by atoms with E-state index in [4.69, 9.17) is 21.4 Å². The third kappa shape index (κ3) is 3.82. The van der Waals surface area contributed by atoms with Gasteiger partial charge in [0.1, 0.15) is 11.6 Å². The van der Waals surface area contributed by atoms with E-state index in [9.17, 15) is 4.79 Å². The molecule has 7 heteroatoms. The molecule has 5 nitrogen and oxygen atoms in total. The molecule has 0 saturated carbocycles. The first-order valence-electron chi connectivity index (χ1n) is 8.51. The van der Waals surface area contributed by atoms with Gasteiger partial charge < -0.3 is 10.1 Å². The summed E-state index contributed by atoms with van der Waals surface area (Å²) in [4.78, 5) is 12.7. The van der Waals surface area contributed by atoms with Crippen LogP contribution in [0.2, 0.25) is 5.02 Å². The largest absolute Gasteiger partial charge is 0.497 e. The second-order valence-electron chi connectivity index (χ2n) is 6.23. The molecular formula is C20H18ClN3O2S. The second kappa shape index (κ2) is 7.66. The van der Waals surface area contributed by atoms with Crippen LogP contribution in [0.1, 0.15) is 16.8 Å². The molecule has 1 aliphatic heterocycles. The molecule has 1 aliphatic rings. The van der Waals surface area contributed by atoms with Crippen molar-refractivity contribution < 1.29 is 9.53 Å².